The zero-order chi connectivity index (χ0) is 12.1. The number of nitrogens with one attached hydrogen (secondary N) is 2. The van der Waals surface area contributed by atoms with E-state index in [9.17, 15) is 4.79 Å². The molecular formula is C12H11N3OS. The van der Waals surface area contributed by atoms with E-state index in [0.717, 1.165) is 4.88 Å². The van der Waals surface area contributed by atoms with Crippen molar-refractivity contribution in [1.82, 2.24) is 15.8 Å². The summed E-state index contributed by atoms with van der Waals surface area (Å²) in [5, 5.41) is 1.95. The van der Waals surface area contributed by atoms with Crippen LogP contribution in [0.5, 0.6) is 0 Å². The van der Waals surface area contributed by atoms with Gasteiger partial charge in [0.05, 0.1) is 10.6 Å². The number of carbonyl (C=O) groups excluding carboxylic acids is 1. The maximum Gasteiger partial charge on any atom is 0.288 e. The SMILES string of the molecule is C=C(NNC(=O)c1ccccn1)c1cccs1. The Kier molecular flexibility index (Phi) is 3.52. The molecule has 2 aromatic rings. The van der Waals surface area contributed by atoms with Gasteiger partial charge in [-0.2, -0.15) is 0 Å². The summed E-state index contributed by atoms with van der Waals surface area (Å²) in [6.45, 7) is 3.83. The first kappa shape index (κ1) is 11.3. The Morgan fingerprint density at radius 2 is 2.12 bits per heavy atom. The van der Waals surface area contributed by atoms with Crippen molar-refractivity contribution in [2.75, 3.05) is 0 Å². The van der Waals surface area contributed by atoms with E-state index in [-0.39, 0.29) is 5.91 Å². The van der Waals surface area contributed by atoms with Gasteiger partial charge in [0.25, 0.3) is 5.91 Å². The minimum absolute atomic E-state index is 0.289. The summed E-state index contributed by atoms with van der Waals surface area (Å²) in [6.07, 6.45) is 1.57. The van der Waals surface area contributed by atoms with Gasteiger partial charge in [-0.25, -0.2) is 0 Å². The zero-order valence-electron chi connectivity index (χ0n) is 9.01. The van der Waals surface area contributed by atoms with E-state index < -0.39 is 0 Å². The second-order valence-corrected chi connectivity index (χ2v) is 4.20. The Hall–Kier alpha value is -2.14. The molecule has 1 amide bonds. The van der Waals surface area contributed by atoms with Crippen LogP contribution >= 0.6 is 11.3 Å². The van der Waals surface area contributed by atoms with Crippen molar-refractivity contribution in [2.24, 2.45) is 0 Å². The fourth-order valence-corrected chi connectivity index (χ4v) is 1.86. The first-order valence-electron chi connectivity index (χ1n) is 4.97. The molecule has 2 heterocycles. The smallest absolute Gasteiger partial charge is 0.288 e. The Morgan fingerprint density at radius 1 is 1.24 bits per heavy atom. The highest BCUT2D eigenvalue weighted by molar-refractivity contribution is 7.11. The fourth-order valence-electron chi connectivity index (χ4n) is 1.21. The number of amides is 1. The molecule has 5 heteroatoms. The molecule has 0 saturated carbocycles. The number of rotatable bonds is 4. The van der Waals surface area contributed by atoms with E-state index in [1.807, 2.05) is 17.5 Å². The third-order valence-electron chi connectivity index (χ3n) is 2.04. The minimum atomic E-state index is -0.289. The number of pyridine rings is 1. The lowest BCUT2D eigenvalue weighted by molar-refractivity contribution is 0.0937. The molecular weight excluding hydrogens is 234 g/mol. The van der Waals surface area contributed by atoms with Crippen molar-refractivity contribution in [1.29, 1.82) is 0 Å². The molecule has 0 aliphatic carbocycles. The molecule has 0 bridgehead atoms. The molecule has 0 aliphatic rings. The van der Waals surface area contributed by atoms with Gasteiger partial charge in [-0.1, -0.05) is 18.7 Å². The number of hydrogen-bond donors (Lipinski definition) is 2. The van der Waals surface area contributed by atoms with E-state index in [1.165, 1.54) is 0 Å². The van der Waals surface area contributed by atoms with E-state index in [2.05, 4.69) is 22.4 Å². The average molecular weight is 245 g/mol. The Bertz CT molecular complexity index is 508. The quantitative estimate of drug-likeness (QED) is 0.811. The number of thiophene rings is 1. The largest absolute Gasteiger partial charge is 0.297 e. The highest BCUT2D eigenvalue weighted by Crippen LogP contribution is 2.14. The first-order chi connectivity index (χ1) is 8.27. The van der Waals surface area contributed by atoms with Gasteiger partial charge in [-0.05, 0) is 23.6 Å². The van der Waals surface area contributed by atoms with Gasteiger partial charge >= 0.3 is 0 Å². The molecule has 4 nitrogen and oxygen atoms in total. The lowest BCUT2D eigenvalue weighted by Crippen LogP contribution is -2.36. The monoisotopic (exact) mass is 245 g/mol. The Labute approximate surface area is 103 Å². The van der Waals surface area contributed by atoms with Crippen LogP contribution in [-0.4, -0.2) is 10.9 Å². The van der Waals surface area contributed by atoms with Gasteiger partial charge in [-0.15, -0.1) is 11.3 Å². The third kappa shape index (κ3) is 2.92. The molecule has 17 heavy (non-hydrogen) atoms. The molecule has 2 rings (SSSR count). The maximum absolute atomic E-state index is 11.6. The second-order valence-electron chi connectivity index (χ2n) is 3.25. The van der Waals surface area contributed by atoms with Crippen LogP contribution in [0.25, 0.3) is 5.70 Å². The highest BCUT2D eigenvalue weighted by Gasteiger charge is 2.06. The predicted octanol–water partition coefficient (Wildman–Crippen LogP) is 2.05. The van der Waals surface area contributed by atoms with Crippen molar-refractivity contribution in [2.45, 2.75) is 0 Å². The summed E-state index contributed by atoms with van der Waals surface area (Å²) in [6, 6.07) is 9.01. The van der Waals surface area contributed by atoms with Crippen LogP contribution < -0.4 is 10.9 Å². The number of hydrazine groups is 1. The van der Waals surface area contributed by atoms with Crippen LogP contribution in [0.2, 0.25) is 0 Å². The highest BCUT2D eigenvalue weighted by atomic mass is 32.1. The van der Waals surface area contributed by atoms with Gasteiger partial charge in [-0.3, -0.25) is 20.6 Å². The van der Waals surface area contributed by atoms with Crippen molar-refractivity contribution in [3.05, 3.63) is 59.1 Å². The second kappa shape index (κ2) is 5.27. The van der Waals surface area contributed by atoms with Gasteiger partial charge in [0.15, 0.2) is 0 Å². The van der Waals surface area contributed by atoms with Crippen molar-refractivity contribution in [3.8, 4) is 0 Å². The fraction of sp³-hybridized carbons (Fsp3) is 0. The standard InChI is InChI=1S/C12H11N3OS/c1-9(11-6-4-8-17-11)14-15-12(16)10-5-2-3-7-13-10/h2-8,14H,1H2,(H,15,16). The average Bonchev–Trinajstić information content (AvgIpc) is 2.90. The van der Waals surface area contributed by atoms with E-state index in [4.69, 9.17) is 0 Å². The van der Waals surface area contributed by atoms with Gasteiger partial charge < -0.3 is 0 Å². The molecule has 0 radical (unpaired) electrons. The number of nitrogens with zero attached hydrogens (tertiary/aromatic N) is 1. The van der Waals surface area contributed by atoms with Crippen LogP contribution in [0.1, 0.15) is 15.4 Å². The van der Waals surface area contributed by atoms with Gasteiger partial charge in [0.1, 0.15) is 5.69 Å². The molecule has 0 atom stereocenters. The molecule has 0 spiro atoms. The van der Waals surface area contributed by atoms with Crippen molar-refractivity contribution >= 4 is 22.9 Å². The minimum Gasteiger partial charge on any atom is -0.297 e. The molecule has 0 aromatic carbocycles. The summed E-state index contributed by atoms with van der Waals surface area (Å²) in [5.74, 6) is -0.289. The van der Waals surface area contributed by atoms with Crippen molar-refractivity contribution < 1.29 is 4.79 Å². The Balaban J connectivity index is 1.91. The molecule has 0 aliphatic heterocycles. The van der Waals surface area contributed by atoms with Crippen LogP contribution in [0.3, 0.4) is 0 Å². The van der Waals surface area contributed by atoms with Crippen LogP contribution in [0, 0.1) is 0 Å². The maximum atomic E-state index is 11.6. The number of aromatic nitrogens is 1. The van der Waals surface area contributed by atoms with E-state index >= 15 is 0 Å². The van der Waals surface area contributed by atoms with Gasteiger partial charge in [0, 0.05) is 6.20 Å². The summed E-state index contributed by atoms with van der Waals surface area (Å²) in [4.78, 5) is 16.6. The Morgan fingerprint density at radius 3 is 2.76 bits per heavy atom. The lowest BCUT2D eigenvalue weighted by Gasteiger charge is -2.08. The lowest BCUT2D eigenvalue weighted by atomic mass is 10.3. The molecule has 2 aromatic heterocycles. The van der Waals surface area contributed by atoms with E-state index in [0.29, 0.717) is 11.4 Å². The van der Waals surface area contributed by atoms with Gasteiger partial charge in [0.2, 0.25) is 0 Å². The van der Waals surface area contributed by atoms with Crippen LogP contribution in [0.15, 0.2) is 48.5 Å². The summed E-state index contributed by atoms with van der Waals surface area (Å²) < 4.78 is 0. The summed E-state index contributed by atoms with van der Waals surface area (Å²) in [7, 11) is 0. The van der Waals surface area contributed by atoms with Crippen molar-refractivity contribution in [3.63, 3.8) is 0 Å². The molecule has 0 unspecified atom stereocenters. The molecule has 86 valence electrons. The first-order valence-corrected chi connectivity index (χ1v) is 5.85. The molecule has 0 saturated heterocycles. The predicted molar refractivity (Wildman–Crippen MR) is 68.2 cm³/mol. The zero-order valence-corrected chi connectivity index (χ0v) is 9.83. The number of hydrogen-bond acceptors (Lipinski definition) is 4. The normalized spacial score (nSPS) is 9.65. The molecule has 2 N–H and O–H groups in total. The van der Waals surface area contributed by atoms with Crippen LogP contribution in [0.4, 0.5) is 0 Å². The summed E-state index contributed by atoms with van der Waals surface area (Å²) in [5.41, 5.74) is 6.32. The third-order valence-corrected chi connectivity index (χ3v) is 2.97. The molecule has 0 fully saturated rings. The summed E-state index contributed by atoms with van der Waals surface area (Å²) >= 11 is 1.55. The van der Waals surface area contributed by atoms with Crippen LogP contribution in [-0.2, 0) is 0 Å². The topological polar surface area (TPSA) is 54.0 Å². The van der Waals surface area contributed by atoms with E-state index in [1.54, 1.807) is 35.7 Å². The number of carbonyl (C=O) groups is 1.